The summed E-state index contributed by atoms with van der Waals surface area (Å²) in [6.07, 6.45) is 0. The summed E-state index contributed by atoms with van der Waals surface area (Å²) < 4.78 is 50.4. The molecule has 0 rings (SSSR count). The van der Waals surface area contributed by atoms with Gasteiger partial charge in [-0.25, -0.2) is 0 Å². The van der Waals surface area contributed by atoms with Crippen LogP contribution < -0.4 is 28.0 Å². The molecule has 8 nitrogen and oxygen atoms in total. The summed E-state index contributed by atoms with van der Waals surface area (Å²) in [6, 6.07) is 0. The Morgan fingerprint density at radius 1 is 0.545 bits per heavy atom. The van der Waals surface area contributed by atoms with Crippen molar-refractivity contribution in [2.24, 2.45) is 0 Å². The van der Waals surface area contributed by atoms with Crippen LogP contribution in [0.1, 0.15) is 0 Å². The van der Waals surface area contributed by atoms with E-state index in [0.717, 1.165) is 0 Å². The summed E-state index contributed by atoms with van der Waals surface area (Å²) in [4.78, 5) is 0. The molecule has 0 bridgehead atoms. The van der Waals surface area contributed by atoms with Gasteiger partial charge in [0, 0.05) is 0 Å². The largest absolute Gasteiger partial charge is 2.00 e. The molecule has 0 aromatic heterocycles. The van der Waals surface area contributed by atoms with Gasteiger partial charge in [-0.05, 0) is 0 Å². The third-order valence-electron chi connectivity index (χ3n) is 0. The molecule has 0 atom stereocenters. The molecule has 0 saturated heterocycles. The molecule has 0 fully saturated rings. The van der Waals surface area contributed by atoms with Crippen molar-refractivity contribution in [3.05, 3.63) is 0 Å². The predicted octanol–water partition coefficient (Wildman–Crippen LogP) is -8.79. The molecule has 4 N–H and O–H groups in total. The van der Waals surface area contributed by atoms with E-state index in [1.807, 2.05) is 0 Å². The Balaban J connectivity index is -0.0000000171. The molecule has 0 heterocycles. The van der Waals surface area contributed by atoms with E-state index < -0.39 is 21.6 Å². The van der Waals surface area contributed by atoms with Crippen molar-refractivity contribution in [3.8, 4) is 0 Å². The summed E-state index contributed by atoms with van der Waals surface area (Å²) in [5.74, 6) is 0. The van der Waals surface area contributed by atoms with Crippen LogP contribution in [0.4, 0.5) is 0 Å². The van der Waals surface area contributed by atoms with Gasteiger partial charge in [0.25, 0.3) is 0 Å². The number of rotatable bonds is 0. The zero-order valence-electron chi connectivity index (χ0n) is 4.51. The maximum atomic E-state index is 8.41. The van der Waals surface area contributed by atoms with E-state index in [9.17, 15) is 0 Å². The van der Waals surface area contributed by atoms with Crippen LogP contribution in [0.25, 0.3) is 0 Å². The zero-order valence-corrected chi connectivity index (χ0v) is 6.96. The molecular weight excluding hydrogens is 262 g/mol. The molecule has 0 saturated carbocycles. The van der Waals surface area contributed by atoms with Crippen molar-refractivity contribution < 1.29 is 77.5 Å². The monoisotopic (exact) mass is 265 g/mol. The van der Waals surface area contributed by atoms with Crippen molar-refractivity contribution in [3.63, 3.8) is 0 Å². The first-order valence-electron chi connectivity index (χ1n) is 0.926. The molecule has 1 radical (unpaired) electrons. The fraction of sp³-hybridized carbons (Fsp3) is 0. The third-order valence-corrected chi connectivity index (χ3v) is 0. The van der Waals surface area contributed by atoms with Crippen LogP contribution in [0.3, 0.4) is 0 Å². The van der Waals surface area contributed by atoms with Crippen LogP contribution in [0.5, 0.6) is 0 Å². The number of halogens is 2. The van der Waals surface area contributed by atoms with E-state index in [-0.39, 0.29) is 28.0 Å². The molecule has 0 aromatic rings. The van der Waals surface area contributed by atoms with Crippen LogP contribution >= 0.6 is 0 Å². The van der Waals surface area contributed by atoms with Gasteiger partial charge in [0.15, 0.2) is 0 Å². The van der Waals surface area contributed by atoms with Gasteiger partial charge in [-0.3, -0.25) is 0 Å². The Bertz CT molecular complexity index is 27.6. The fourth-order valence-electron chi connectivity index (χ4n) is 0. The Morgan fingerprint density at radius 2 is 0.545 bits per heavy atom. The topological polar surface area (TPSA) is 201 Å². The Kier molecular flexibility index (Phi) is 60.7. The first-order valence-corrected chi connectivity index (χ1v) is 2.78. The molecule has 0 aromatic carbocycles. The maximum absolute atomic E-state index is 8.41. The summed E-state index contributed by atoms with van der Waals surface area (Å²) in [5, 5.41) is 0. The van der Waals surface area contributed by atoms with Crippen LogP contribution in [0.15, 0.2) is 0 Å². The summed E-state index contributed by atoms with van der Waals surface area (Å²) in [7, 11) is -5.70. The van der Waals surface area contributed by atoms with Crippen molar-refractivity contribution in [1.29, 1.82) is 0 Å². The van der Waals surface area contributed by atoms with Gasteiger partial charge >= 0.3 is 17.1 Å². The van der Waals surface area contributed by atoms with E-state index in [0.29, 0.717) is 0 Å². The van der Waals surface area contributed by atoms with Crippen LogP contribution in [-0.4, -0.2) is 11.0 Å². The van der Waals surface area contributed by atoms with Crippen molar-refractivity contribution in [1.82, 2.24) is 0 Å². The number of hydrogen-bond donors (Lipinski definition) is 0. The van der Waals surface area contributed by atoms with Crippen LogP contribution in [0, 0.1) is 21.6 Å². The minimum absolute atomic E-state index is 0. The second-order valence-corrected chi connectivity index (χ2v) is 1.13. The van der Waals surface area contributed by atoms with E-state index in [4.69, 9.17) is 28.0 Å². The van der Waals surface area contributed by atoms with Crippen LogP contribution in [0.2, 0.25) is 0 Å². The van der Waals surface area contributed by atoms with Gasteiger partial charge in [-0.2, -0.15) is 0 Å². The summed E-state index contributed by atoms with van der Waals surface area (Å²) in [6.45, 7) is 0. The van der Waals surface area contributed by atoms with Gasteiger partial charge in [-0.15, -0.1) is 0 Å². The first-order chi connectivity index (χ1) is 3.46. The van der Waals surface area contributed by atoms with Crippen molar-refractivity contribution in [2.45, 2.75) is 0 Å². The molecule has 0 unspecified atom stereocenters. The second kappa shape index (κ2) is 22.4. The molecule has 0 aliphatic rings. The van der Waals surface area contributed by atoms with E-state index in [2.05, 4.69) is 0 Å². The minimum atomic E-state index is -2.85. The predicted molar refractivity (Wildman–Crippen MR) is 7.23 cm³/mol. The standard InChI is InChI=1S/2ClO3.Cu.2H2O/c2*2-1(3)4;;;/h;;;2*1H2/q2*-1;+2;;. The molecule has 0 aliphatic heterocycles. The average Bonchev–Trinajstić information content (AvgIpc) is 1.25. The summed E-state index contributed by atoms with van der Waals surface area (Å²) in [5.41, 5.74) is 0. The van der Waals surface area contributed by atoms with Gasteiger partial charge < -0.3 is 38.9 Å². The molecule has 77 valence electrons. The molecule has 0 amide bonds. The molecule has 11 heteroatoms. The van der Waals surface area contributed by atoms with E-state index >= 15 is 0 Å². The average molecular weight is 266 g/mol. The quantitative estimate of drug-likeness (QED) is 0.389. The smallest absolute Gasteiger partial charge is 0.412 e. The third kappa shape index (κ3) is 1370. The SMILES string of the molecule is O.O.[Cu+2].[O-][Cl+2]([O-])[O-].[O-][Cl+2]([O-])[O-]. The van der Waals surface area contributed by atoms with E-state index in [1.165, 1.54) is 0 Å². The fourth-order valence-corrected chi connectivity index (χ4v) is 0. The molecule has 0 aliphatic carbocycles. The first kappa shape index (κ1) is 29.8. The minimum Gasteiger partial charge on any atom is -0.412 e. The maximum Gasteiger partial charge on any atom is 2.00 e. The Hall–Kier alpha value is 0.779. The Morgan fingerprint density at radius 3 is 0.545 bits per heavy atom. The van der Waals surface area contributed by atoms with E-state index in [1.54, 1.807) is 0 Å². The van der Waals surface area contributed by atoms with Gasteiger partial charge in [0.1, 0.15) is 0 Å². The normalized spacial score (nSPS) is 6.55. The van der Waals surface area contributed by atoms with Crippen molar-refractivity contribution in [2.75, 3.05) is 0 Å². The number of hydrogen-bond acceptors (Lipinski definition) is 6. The second-order valence-electron chi connectivity index (χ2n) is 0.378. The van der Waals surface area contributed by atoms with Gasteiger partial charge in [0.2, 0.25) is 0 Å². The van der Waals surface area contributed by atoms with Crippen molar-refractivity contribution >= 4 is 0 Å². The van der Waals surface area contributed by atoms with Gasteiger partial charge in [0.05, 0.1) is 21.6 Å². The molecular formula is H4Cl2CuO8. The molecule has 0 spiro atoms. The van der Waals surface area contributed by atoms with Gasteiger partial charge in [-0.1, -0.05) is 0 Å². The zero-order chi connectivity index (χ0) is 7.15. The summed E-state index contributed by atoms with van der Waals surface area (Å²) >= 11 is 0. The molecule has 11 heavy (non-hydrogen) atoms. The van der Waals surface area contributed by atoms with Crippen LogP contribution in [-0.2, 0) is 17.1 Å². The Labute approximate surface area is 78.0 Å².